The molecule has 0 bridgehead atoms. The summed E-state index contributed by atoms with van der Waals surface area (Å²) < 4.78 is 7.31. The number of fused-ring (bicyclic) bond motifs is 1. The number of rotatable bonds is 8. The fourth-order valence-corrected chi connectivity index (χ4v) is 4.70. The Bertz CT molecular complexity index is 1120. The van der Waals surface area contributed by atoms with Gasteiger partial charge in [0.15, 0.2) is 0 Å². The summed E-state index contributed by atoms with van der Waals surface area (Å²) in [7, 11) is 3.63. The topological polar surface area (TPSA) is 76.5 Å². The smallest absolute Gasteiger partial charge is 0.225 e. The lowest BCUT2D eigenvalue weighted by atomic mass is 9.83. The van der Waals surface area contributed by atoms with Crippen LogP contribution < -0.4 is 5.32 Å². The highest BCUT2D eigenvalue weighted by molar-refractivity contribution is 5.85. The van der Waals surface area contributed by atoms with E-state index in [0.29, 0.717) is 39.0 Å². The van der Waals surface area contributed by atoms with Crippen LogP contribution in [0.1, 0.15) is 35.8 Å². The van der Waals surface area contributed by atoms with Crippen molar-refractivity contribution in [1.82, 2.24) is 19.8 Å². The predicted octanol–water partition coefficient (Wildman–Crippen LogP) is 3.17. The van der Waals surface area contributed by atoms with Gasteiger partial charge in [-0.2, -0.15) is 0 Å². The molecule has 0 unspecified atom stereocenters. The summed E-state index contributed by atoms with van der Waals surface area (Å²) >= 11 is 0. The number of benzene rings is 2. The predicted molar refractivity (Wildman–Crippen MR) is 128 cm³/mol. The highest BCUT2D eigenvalue weighted by Gasteiger charge is 2.40. The van der Waals surface area contributed by atoms with Gasteiger partial charge in [0, 0.05) is 40.1 Å². The Balaban J connectivity index is 1.49. The van der Waals surface area contributed by atoms with Crippen molar-refractivity contribution in [2.24, 2.45) is 13.0 Å². The standard InChI is InChI=1S/C26H32N4O3/c1-18-8-10-19(11-9-18)25-20(12-13-24(31)30(25)16-17-33-3)26(32)27-15-14-23-28-21-6-4-5-7-22(21)29(23)2/h4-11,20,25H,12-17H2,1-3H3,(H,27,32)/t20-,25-/m1/s1. The van der Waals surface area contributed by atoms with E-state index in [2.05, 4.69) is 9.88 Å². The van der Waals surface area contributed by atoms with E-state index < -0.39 is 0 Å². The zero-order valence-corrected chi connectivity index (χ0v) is 19.6. The third-order valence-corrected chi connectivity index (χ3v) is 6.53. The number of hydrogen-bond donors (Lipinski definition) is 1. The molecule has 1 aromatic heterocycles. The zero-order chi connectivity index (χ0) is 23.4. The highest BCUT2D eigenvalue weighted by atomic mass is 16.5. The van der Waals surface area contributed by atoms with Gasteiger partial charge in [-0.25, -0.2) is 4.98 Å². The fourth-order valence-electron chi connectivity index (χ4n) is 4.70. The molecule has 33 heavy (non-hydrogen) atoms. The number of piperidine rings is 1. The van der Waals surface area contributed by atoms with Crippen molar-refractivity contribution in [2.45, 2.75) is 32.2 Å². The minimum atomic E-state index is -0.303. The van der Waals surface area contributed by atoms with E-state index in [-0.39, 0.29) is 23.8 Å². The van der Waals surface area contributed by atoms with Crippen molar-refractivity contribution in [1.29, 1.82) is 0 Å². The zero-order valence-electron chi connectivity index (χ0n) is 19.6. The first-order chi connectivity index (χ1) is 16.0. The summed E-state index contributed by atoms with van der Waals surface area (Å²) in [5.41, 5.74) is 4.17. The van der Waals surface area contributed by atoms with E-state index >= 15 is 0 Å². The Morgan fingerprint density at radius 2 is 1.94 bits per heavy atom. The number of aryl methyl sites for hydroxylation is 2. The van der Waals surface area contributed by atoms with E-state index in [4.69, 9.17) is 9.72 Å². The molecule has 1 N–H and O–H groups in total. The molecule has 174 valence electrons. The molecule has 0 saturated carbocycles. The molecule has 1 aliphatic heterocycles. The number of nitrogens with one attached hydrogen (secondary N) is 1. The number of likely N-dealkylation sites (tertiary alicyclic amines) is 1. The largest absolute Gasteiger partial charge is 0.383 e. The van der Waals surface area contributed by atoms with Crippen molar-refractivity contribution in [3.05, 3.63) is 65.5 Å². The minimum Gasteiger partial charge on any atom is -0.383 e. The summed E-state index contributed by atoms with van der Waals surface area (Å²) in [5, 5.41) is 3.11. The van der Waals surface area contributed by atoms with E-state index in [1.54, 1.807) is 7.11 Å². The number of carbonyl (C=O) groups excluding carboxylic acids is 2. The lowest BCUT2D eigenvalue weighted by Crippen LogP contribution is -2.49. The average molecular weight is 449 g/mol. The Morgan fingerprint density at radius 3 is 2.67 bits per heavy atom. The SMILES string of the molecule is COCCN1C(=O)CC[C@@H](C(=O)NCCc2nc3ccccc3n2C)[C@H]1c1ccc(C)cc1. The van der Waals surface area contributed by atoms with Crippen molar-refractivity contribution >= 4 is 22.8 Å². The van der Waals surface area contributed by atoms with Crippen LogP contribution in [-0.2, 0) is 27.8 Å². The lowest BCUT2D eigenvalue weighted by molar-refractivity contribution is -0.144. The van der Waals surface area contributed by atoms with Crippen LogP contribution in [0.15, 0.2) is 48.5 Å². The van der Waals surface area contributed by atoms with E-state index in [0.717, 1.165) is 28.0 Å². The second-order valence-corrected chi connectivity index (χ2v) is 8.70. The summed E-state index contributed by atoms with van der Waals surface area (Å²) in [6.45, 7) is 3.44. The van der Waals surface area contributed by atoms with Gasteiger partial charge < -0.3 is 19.5 Å². The van der Waals surface area contributed by atoms with Crippen molar-refractivity contribution < 1.29 is 14.3 Å². The molecular weight excluding hydrogens is 416 g/mol. The van der Waals surface area contributed by atoms with Crippen LogP contribution in [0.2, 0.25) is 0 Å². The van der Waals surface area contributed by atoms with Crippen LogP contribution in [0.5, 0.6) is 0 Å². The molecule has 7 nitrogen and oxygen atoms in total. The molecule has 7 heteroatoms. The number of para-hydroxylation sites is 2. The van der Waals surface area contributed by atoms with Gasteiger partial charge in [-0.3, -0.25) is 9.59 Å². The third kappa shape index (κ3) is 4.93. The van der Waals surface area contributed by atoms with Crippen molar-refractivity contribution in [3.8, 4) is 0 Å². The summed E-state index contributed by atoms with van der Waals surface area (Å²) in [6.07, 6.45) is 1.55. The molecule has 0 spiro atoms. The first kappa shape index (κ1) is 23.0. The average Bonchev–Trinajstić information content (AvgIpc) is 3.14. The molecule has 1 saturated heterocycles. The maximum atomic E-state index is 13.3. The van der Waals surface area contributed by atoms with Gasteiger partial charge in [-0.1, -0.05) is 42.0 Å². The number of aromatic nitrogens is 2. The summed E-state index contributed by atoms with van der Waals surface area (Å²) in [4.78, 5) is 32.6. The Hall–Kier alpha value is -3.19. The van der Waals surface area contributed by atoms with Crippen LogP contribution in [0, 0.1) is 12.8 Å². The molecule has 1 fully saturated rings. The number of carbonyl (C=O) groups is 2. The Kier molecular flexibility index (Phi) is 7.08. The van der Waals surface area contributed by atoms with E-state index in [1.165, 1.54) is 0 Å². The lowest BCUT2D eigenvalue weighted by Gasteiger charge is -2.40. The number of amides is 2. The van der Waals surface area contributed by atoms with E-state index in [9.17, 15) is 9.59 Å². The van der Waals surface area contributed by atoms with Crippen LogP contribution in [0.4, 0.5) is 0 Å². The molecule has 0 radical (unpaired) electrons. The monoisotopic (exact) mass is 448 g/mol. The number of hydrogen-bond acceptors (Lipinski definition) is 4. The summed E-state index contributed by atoms with van der Waals surface area (Å²) in [6, 6.07) is 15.8. The normalized spacial score (nSPS) is 18.6. The van der Waals surface area contributed by atoms with Crippen LogP contribution in [0.3, 0.4) is 0 Å². The highest BCUT2D eigenvalue weighted by Crippen LogP contribution is 2.37. The molecule has 3 aromatic rings. The van der Waals surface area contributed by atoms with Crippen LogP contribution in [-0.4, -0.2) is 53.1 Å². The molecule has 4 rings (SSSR count). The fraction of sp³-hybridized carbons (Fsp3) is 0.423. The first-order valence-electron chi connectivity index (χ1n) is 11.5. The number of nitrogens with zero attached hydrogens (tertiary/aromatic N) is 3. The second-order valence-electron chi connectivity index (χ2n) is 8.70. The Labute approximate surface area is 194 Å². The van der Waals surface area contributed by atoms with Gasteiger partial charge in [-0.15, -0.1) is 0 Å². The van der Waals surface area contributed by atoms with Gasteiger partial charge >= 0.3 is 0 Å². The Morgan fingerprint density at radius 1 is 1.18 bits per heavy atom. The van der Waals surface area contributed by atoms with Crippen LogP contribution in [0.25, 0.3) is 11.0 Å². The van der Waals surface area contributed by atoms with Gasteiger partial charge in [0.2, 0.25) is 11.8 Å². The second kappa shape index (κ2) is 10.2. The van der Waals surface area contributed by atoms with Crippen molar-refractivity contribution in [3.63, 3.8) is 0 Å². The third-order valence-electron chi connectivity index (χ3n) is 6.53. The van der Waals surface area contributed by atoms with Gasteiger partial charge in [-0.05, 0) is 31.0 Å². The maximum Gasteiger partial charge on any atom is 0.225 e. The van der Waals surface area contributed by atoms with Crippen molar-refractivity contribution in [2.75, 3.05) is 26.8 Å². The number of imidazole rings is 1. The minimum absolute atomic E-state index is 0.0192. The van der Waals surface area contributed by atoms with Crippen LogP contribution >= 0.6 is 0 Å². The molecular formula is C26H32N4O3. The number of methoxy groups -OCH3 is 1. The maximum absolute atomic E-state index is 13.3. The first-order valence-corrected chi connectivity index (χ1v) is 11.5. The molecule has 2 heterocycles. The quantitative estimate of drug-likeness (QED) is 0.574. The van der Waals surface area contributed by atoms with Gasteiger partial charge in [0.05, 0.1) is 29.6 Å². The molecule has 2 amide bonds. The van der Waals surface area contributed by atoms with E-state index in [1.807, 2.05) is 67.4 Å². The van der Waals surface area contributed by atoms with Gasteiger partial charge in [0.25, 0.3) is 0 Å². The molecule has 1 aliphatic rings. The van der Waals surface area contributed by atoms with Gasteiger partial charge in [0.1, 0.15) is 5.82 Å². The molecule has 0 aliphatic carbocycles. The number of ether oxygens (including phenoxy) is 1. The summed E-state index contributed by atoms with van der Waals surface area (Å²) in [5.74, 6) is 0.686. The molecule has 2 atom stereocenters. The molecule has 2 aromatic carbocycles.